The lowest BCUT2D eigenvalue weighted by molar-refractivity contribution is 0.186. The summed E-state index contributed by atoms with van der Waals surface area (Å²) < 4.78 is 5.48. The Bertz CT molecular complexity index is 416. The Hall–Kier alpha value is -1.26. The van der Waals surface area contributed by atoms with Gasteiger partial charge >= 0.3 is 0 Å². The standard InChI is InChI=1S/C17H29N3O/c1-15(7-6-10-18-2)19-11-13-20(14-12-19)16-8-4-5-9-17(16)21-3/h4-5,8-9,15,18H,6-7,10-14H2,1-3H3. The van der Waals surface area contributed by atoms with Crippen molar-refractivity contribution >= 4 is 5.69 Å². The van der Waals surface area contributed by atoms with Crippen molar-refractivity contribution in [2.45, 2.75) is 25.8 Å². The molecule has 0 saturated carbocycles. The maximum Gasteiger partial charge on any atom is 0.142 e. The normalized spacial score (nSPS) is 17.8. The van der Waals surface area contributed by atoms with E-state index in [0.29, 0.717) is 6.04 Å². The van der Waals surface area contributed by atoms with Crippen molar-refractivity contribution in [3.63, 3.8) is 0 Å². The number of piperazine rings is 1. The lowest BCUT2D eigenvalue weighted by atomic mass is 10.1. The van der Waals surface area contributed by atoms with E-state index in [4.69, 9.17) is 4.74 Å². The van der Waals surface area contributed by atoms with Crippen LogP contribution in [0.5, 0.6) is 5.75 Å². The molecule has 0 amide bonds. The third kappa shape index (κ3) is 4.35. The molecule has 1 aromatic rings. The number of hydrogen-bond acceptors (Lipinski definition) is 4. The van der Waals surface area contributed by atoms with Gasteiger partial charge in [0.2, 0.25) is 0 Å². The van der Waals surface area contributed by atoms with Gasteiger partial charge in [-0.3, -0.25) is 4.90 Å². The Morgan fingerprint density at radius 3 is 2.57 bits per heavy atom. The second-order valence-electron chi connectivity index (χ2n) is 5.79. The van der Waals surface area contributed by atoms with E-state index in [9.17, 15) is 0 Å². The van der Waals surface area contributed by atoms with Crippen LogP contribution in [0.3, 0.4) is 0 Å². The van der Waals surface area contributed by atoms with Crippen LogP contribution >= 0.6 is 0 Å². The number of benzene rings is 1. The van der Waals surface area contributed by atoms with Crippen molar-refractivity contribution < 1.29 is 4.74 Å². The maximum atomic E-state index is 5.48. The van der Waals surface area contributed by atoms with Gasteiger partial charge in [0, 0.05) is 32.2 Å². The Morgan fingerprint density at radius 2 is 1.90 bits per heavy atom. The fraction of sp³-hybridized carbons (Fsp3) is 0.647. The van der Waals surface area contributed by atoms with E-state index < -0.39 is 0 Å². The summed E-state index contributed by atoms with van der Waals surface area (Å²) in [5.74, 6) is 0.980. The highest BCUT2D eigenvalue weighted by Crippen LogP contribution is 2.28. The molecule has 1 aliphatic heterocycles. The van der Waals surface area contributed by atoms with Crippen LogP contribution in [0.25, 0.3) is 0 Å². The van der Waals surface area contributed by atoms with E-state index in [1.54, 1.807) is 7.11 Å². The summed E-state index contributed by atoms with van der Waals surface area (Å²) in [6.07, 6.45) is 2.53. The van der Waals surface area contributed by atoms with Gasteiger partial charge in [-0.15, -0.1) is 0 Å². The fourth-order valence-corrected chi connectivity index (χ4v) is 3.05. The molecule has 1 aliphatic rings. The molecular weight excluding hydrogens is 262 g/mol. The molecule has 1 fully saturated rings. The monoisotopic (exact) mass is 291 g/mol. The fourth-order valence-electron chi connectivity index (χ4n) is 3.05. The molecule has 0 bridgehead atoms. The van der Waals surface area contributed by atoms with E-state index in [-0.39, 0.29) is 0 Å². The molecule has 0 aromatic heterocycles. The minimum atomic E-state index is 0.679. The molecule has 4 nitrogen and oxygen atoms in total. The molecule has 118 valence electrons. The summed E-state index contributed by atoms with van der Waals surface area (Å²) in [6.45, 7) is 7.91. The van der Waals surface area contributed by atoms with Crippen molar-refractivity contribution in [2.24, 2.45) is 0 Å². The quantitative estimate of drug-likeness (QED) is 0.780. The predicted molar refractivity (Wildman–Crippen MR) is 89.4 cm³/mol. The molecule has 1 heterocycles. The van der Waals surface area contributed by atoms with Crippen molar-refractivity contribution in [3.8, 4) is 5.75 Å². The SMILES string of the molecule is CNCCCC(C)N1CCN(c2ccccc2OC)CC1. The minimum Gasteiger partial charge on any atom is -0.495 e. The van der Waals surface area contributed by atoms with Crippen LogP contribution in [0.2, 0.25) is 0 Å². The molecule has 1 aromatic carbocycles. The Morgan fingerprint density at radius 1 is 1.19 bits per heavy atom. The van der Waals surface area contributed by atoms with E-state index >= 15 is 0 Å². The molecule has 2 rings (SSSR count). The predicted octanol–water partition coefficient (Wildman–Crippen LogP) is 2.21. The number of ether oxygens (including phenoxy) is 1. The zero-order valence-electron chi connectivity index (χ0n) is 13.6. The maximum absolute atomic E-state index is 5.48. The molecule has 0 spiro atoms. The van der Waals surface area contributed by atoms with Gasteiger partial charge in [0.25, 0.3) is 0 Å². The molecule has 1 unspecified atom stereocenters. The number of nitrogens with one attached hydrogen (secondary N) is 1. The molecular formula is C17H29N3O. The topological polar surface area (TPSA) is 27.7 Å². The van der Waals surface area contributed by atoms with Crippen LogP contribution in [0.4, 0.5) is 5.69 Å². The van der Waals surface area contributed by atoms with Crippen molar-refractivity contribution in [2.75, 3.05) is 51.8 Å². The van der Waals surface area contributed by atoms with Crippen LogP contribution in [-0.2, 0) is 0 Å². The zero-order chi connectivity index (χ0) is 15.1. The number of anilines is 1. The van der Waals surface area contributed by atoms with Crippen molar-refractivity contribution in [1.82, 2.24) is 10.2 Å². The lowest BCUT2D eigenvalue weighted by Gasteiger charge is -2.39. The highest BCUT2D eigenvalue weighted by molar-refractivity contribution is 5.58. The molecule has 4 heteroatoms. The first kappa shape index (κ1) is 16.1. The minimum absolute atomic E-state index is 0.679. The molecule has 1 atom stereocenters. The van der Waals surface area contributed by atoms with Gasteiger partial charge in [-0.25, -0.2) is 0 Å². The van der Waals surface area contributed by atoms with Gasteiger partial charge in [-0.1, -0.05) is 12.1 Å². The smallest absolute Gasteiger partial charge is 0.142 e. The number of nitrogens with zero attached hydrogens (tertiary/aromatic N) is 2. The summed E-state index contributed by atoms with van der Waals surface area (Å²) in [4.78, 5) is 5.05. The highest BCUT2D eigenvalue weighted by Gasteiger charge is 2.22. The number of rotatable bonds is 7. The zero-order valence-corrected chi connectivity index (χ0v) is 13.6. The van der Waals surface area contributed by atoms with Crippen LogP contribution < -0.4 is 15.0 Å². The average molecular weight is 291 g/mol. The largest absolute Gasteiger partial charge is 0.495 e. The first-order valence-corrected chi connectivity index (χ1v) is 8.03. The van der Waals surface area contributed by atoms with Gasteiger partial charge in [-0.2, -0.15) is 0 Å². The van der Waals surface area contributed by atoms with Gasteiger partial charge in [0.15, 0.2) is 0 Å². The number of para-hydroxylation sites is 2. The van der Waals surface area contributed by atoms with Crippen LogP contribution in [-0.4, -0.2) is 57.8 Å². The summed E-state index contributed by atoms with van der Waals surface area (Å²) in [7, 11) is 3.77. The molecule has 21 heavy (non-hydrogen) atoms. The van der Waals surface area contributed by atoms with E-state index in [2.05, 4.69) is 34.2 Å². The third-order valence-corrected chi connectivity index (χ3v) is 4.41. The average Bonchev–Trinajstić information content (AvgIpc) is 2.55. The van der Waals surface area contributed by atoms with Crippen molar-refractivity contribution in [1.29, 1.82) is 0 Å². The van der Waals surface area contributed by atoms with Crippen LogP contribution in [0, 0.1) is 0 Å². The lowest BCUT2D eigenvalue weighted by Crippen LogP contribution is -2.49. The third-order valence-electron chi connectivity index (χ3n) is 4.41. The Labute approximate surface area is 129 Å². The van der Waals surface area contributed by atoms with Crippen molar-refractivity contribution in [3.05, 3.63) is 24.3 Å². The van der Waals surface area contributed by atoms with Gasteiger partial charge in [0.05, 0.1) is 12.8 Å². The molecule has 1 saturated heterocycles. The summed E-state index contributed by atoms with van der Waals surface area (Å²) in [5.41, 5.74) is 1.22. The van der Waals surface area contributed by atoms with E-state index in [1.807, 2.05) is 19.2 Å². The summed E-state index contributed by atoms with van der Waals surface area (Å²) in [5, 5.41) is 3.23. The Balaban J connectivity index is 1.85. The molecule has 0 aliphatic carbocycles. The summed E-state index contributed by atoms with van der Waals surface area (Å²) in [6, 6.07) is 9.00. The van der Waals surface area contributed by atoms with E-state index in [1.165, 1.54) is 18.5 Å². The Kier molecular flexibility index (Phi) is 6.33. The summed E-state index contributed by atoms with van der Waals surface area (Å²) >= 11 is 0. The second-order valence-corrected chi connectivity index (χ2v) is 5.79. The van der Waals surface area contributed by atoms with Gasteiger partial charge in [-0.05, 0) is 45.5 Å². The number of methoxy groups -OCH3 is 1. The van der Waals surface area contributed by atoms with Gasteiger partial charge in [0.1, 0.15) is 5.75 Å². The highest BCUT2D eigenvalue weighted by atomic mass is 16.5. The first-order valence-electron chi connectivity index (χ1n) is 8.03. The van der Waals surface area contributed by atoms with Crippen LogP contribution in [0.1, 0.15) is 19.8 Å². The van der Waals surface area contributed by atoms with Crippen LogP contribution in [0.15, 0.2) is 24.3 Å². The first-order chi connectivity index (χ1) is 10.3. The number of hydrogen-bond donors (Lipinski definition) is 1. The molecule has 0 radical (unpaired) electrons. The second kappa shape index (κ2) is 8.25. The van der Waals surface area contributed by atoms with Gasteiger partial charge < -0.3 is 15.0 Å². The van der Waals surface area contributed by atoms with E-state index in [0.717, 1.165) is 38.5 Å². The molecule has 1 N–H and O–H groups in total.